The molecule has 0 aliphatic carbocycles. The highest BCUT2D eigenvalue weighted by atomic mass is 35.5. The smallest absolute Gasteiger partial charge is 0.0587 e. The number of rotatable bonds is 6. The number of benzene rings is 1. The molecule has 0 spiro atoms. The molecule has 0 aromatic heterocycles. The first-order valence-electron chi connectivity index (χ1n) is 4.87. The molecule has 0 unspecified atom stereocenters. The third kappa shape index (κ3) is 4.85. The first-order valence-corrected chi connectivity index (χ1v) is 5.63. The summed E-state index contributed by atoms with van der Waals surface area (Å²) in [6.45, 7) is 2.46. The zero-order valence-corrected chi connectivity index (χ0v) is 10.2. The molecule has 0 saturated carbocycles. The minimum absolute atomic E-state index is 0.725. The zero-order chi connectivity index (χ0) is 11.1. The van der Waals surface area contributed by atoms with Crippen LogP contribution in [0.4, 0.5) is 0 Å². The van der Waals surface area contributed by atoms with Gasteiger partial charge in [0, 0.05) is 23.7 Å². The van der Waals surface area contributed by atoms with Crippen LogP contribution in [0.15, 0.2) is 18.2 Å². The lowest BCUT2D eigenvalue weighted by molar-refractivity contribution is 0.199. The van der Waals surface area contributed by atoms with Gasteiger partial charge in [-0.25, -0.2) is 0 Å². The van der Waals surface area contributed by atoms with Crippen molar-refractivity contribution in [1.29, 1.82) is 0 Å². The maximum Gasteiger partial charge on any atom is 0.0587 e. The number of hydrogen-bond acceptors (Lipinski definition) is 2. The fraction of sp³-hybridized carbons (Fsp3) is 0.455. The molecule has 0 amide bonds. The summed E-state index contributed by atoms with van der Waals surface area (Å²) >= 11 is 11.9. The third-order valence-corrected chi connectivity index (χ3v) is 2.67. The summed E-state index contributed by atoms with van der Waals surface area (Å²) in [5.74, 6) is 0. The predicted molar refractivity (Wildman–Crippen MR) is 64.9 cm³/mol. The molecule has 15 heavy (non-hydrogen) atoms. The summed E-state index contributed by atoms with van der Waals surface area (Å²) in [5, 5.41) is 4.75. The van der Waals surface area contributed by atoms with Crippen LogP contribution in [-0.2, 0) is 11.2 Å². The lowest BCUT2D eigenvalue weighted by Gasteiger charge is -2.06. The van der Waals surface area contributed by atoms with Gasteiger partial charge in [-0.15, -0.1) is 0 Å². The lowest BCUT2D eigenvalue weighted by Crippen LogP contribution is -2.21. The molecule has 84 valence electrons. The van der Waals surface area contributed by atoms with Crippen LogP contribution in [0, 0.1) is 0 Å². The fourth-order valence-corrected chi connectivity index (χ4v) is 1.66. The van der Waals surface area contributed by atoms with E-state index in [4.69, 9.17) is 27.9 Å². The van der Waals surface area contributed by atoms with Gasteiger partial charge in [0.25, 0.3) is 0 Å². The van der Waals surface area contributed by atoms with E-state index in [1.54, 1.807) is 13.2 Å². The van der Waals surface area contributed by atoms with Gasteiger partial charge in [0.05, 0.1) is 6.61 Å². The van der Waals surface area contributed by atoms with E-state index in [1.165, 1.54) is 0 Å². The average molecular weight is 248 g/mol. The van der Waals surface area contributed by atoms with Crippen molar-refractivity contribution in [3.63, 3.8) is 0 Å². The predicted octanol–water partition coefficient (Wildman–Crippen LogP) is 2.77. The van der Waals surface area contributed by atoms with Gasteiger partial charge in [0.2, 0.25) is 0 Å². The largest absolute Gasteiger partial charge is 0.383 e. The van der Waals surface area contributed by atoms with Gasteiger partial charge in [-0.2, -0.15) is 0 Å². The van der Waals surface area contributed by atoms with E-state index in [1.807, 2.05) is 12.1 Å². The van der Waals surface area contributed by atoms with Gasteiger partial charge in [-0.1, -0.05) is 23.2 Å². The van der Waals surface area contributed by atoms with E-state index in [0.717, 1.165) is 41.7 Å². The van der Waals surface area contributed by atoms with Crippen molar-refractivity contribution >= 4 is 23.2 Å². The van der Waals surface area contributed by atoms with Crippen LogP contribution in [0.5, 0.6) is 0 Å². The summed E-state index contributed by atoms with van der Waals surface area (Å²) < 4.78 is 4.93. The first-order chi connectivity index (χ1) is 7.24. The topological polar surface area (TPSA) is 21.3 Å². The van der Waals surface area contributed by atoms with Crippen LogP contribution >= 0.6 is 23.2 Å². The van der Waals surface area contributed by atoms with E-state index in [-0.39, 0.29) is 0 Å². The Balaban J connectivity index is 2.33. The Morgan fingerprint density at radius 1 is 1.27 bits per heavy atom. The standard InChI is InChI=1S/C11H15Cl2NO/c1-15-7-6-14-5-4-9-8-10(12)2-3-11(9)13/h2-3,8,14H,4-7H2,1H3. The molecule has 0 aliphatic rings. The molecule has 0 bridgehead atoms. The summed E-state index contributed by atoms with van der Waals surface area (Å²) in [6, 6.07) is 5.53. The van der Waals surface area contributed by atoms with Crippen molar-refractivity contribution in [1.82, 2.24) is 5.32 Å². The highest BCUT2D eigenvalue weighted by Crippen LogP contribution is 2.20. The number of ether oxygens (including phenoxy) is 1. The molecule has 0 atom stereocenters. The Morgan fingerprint density at radius 2 is 2.07 bits per heavy atom. The summed E-state index contributed by atoms with van der Waals surface area (Å²) in [7, 11) is 1.69. The normalized spacial score (nSPS) is 10.6. The lowest BCUT2D eigenvalue weighted by atomic mass is 10.1. The maximum absolute atomic E-state index is 6.03. The molecular weight excluding hydrogens is 233 g/mol. The van der Waals surface area contributed by atoms with E-state index in [2.05, 4.69) is 5.32 Å². The quantitative estimate of drug-likeness (QED) is 0.781. The number of halogens is 2. The Kier molecular flexibility index (Phi) is 6.03. The van der Waals surface area contributed by atoms with Gasteiger partial charge in [-0.3, -0.25) is 0 Å². The van der Waals surface area contributed by atoms with Crippen LogP contribution in [0.1, 0.15) is 5.56 Å². The number of nitrogens with one attached hydrogen (secondary N) is 1. The molecule has 4 heteroatoms. The maximum atomic E-state index is 6.03. The van der Waals surface area contributed by atoms with Crippen molar-refractivity contribution in [2.24, 2.45) is 0 Å². The van der Waals surface area contributed by atoms with Crippen LogP contribution in [0.3, 0.4) is 0 Å². The molecule has 0 aliphatic heterocycles. The highest BCUT2D eigenvalue weighted by Gasteiger charge is 2.00. The SMILES string of the molecule is COCCNCCc1cc(Cl)ccc1Cl. The van der Waals surface area contributed by atoms with Crippen LogP contribution in [0.25, 0.3) is 0 Å². The Bertz CT molecular complexity index is 305. The molecule has 0 radical (unpaired) electrons. The number of methoxy groups -OCH3 is 1. The van der Waals surface area contributed by atoms with Gasteiger partial charge >= 0.3 is 0 Å². The molecule has 0 saturated heterocycles. The van der Waals surface area contributed by atoms with Crippen molar-refractivity contribution in [2.45, 2.75) is 6.42 Å². The Labute approximate surface area is 101 Å². The third-order valence-electron chi connectivity index (χ3n) is 2.06. The molecule has 2 nitrogen and oxygen atoms in total. The second kappa shape index (κ2) is 7.07. The van der Waals surface area contributed by atoms with Crippen LogP contribution < -0.4 is 5.32 Å². The molecule has 1 rings (SSSR count). The zero-order valence-electron chi connectivity index (χ0n) is 8.72. The summed E-state index contributed by atoms with van der Waals surface area (Å²) in [6.07, 6.45) is 0.878. The van der Waals surface area contributed by atoms with Crippen LogP contribution in [-0.4, -0.2) is 26.8 Å². The van der Waals surface area contributed by atoms with Crippen molar-refractivity contribution < 1.29 is 4.74 Å². The van der Waals surface area contributed by atoms with Gasteiger partial charge in [-0.05, 0) is 36.7 Å². The molecule has 1 N–H and O–H groups in total. The van der Waals surface area contributed by atoms with Crippen molar-refractivity contribution in [2.75, 3.05) is 26.8 Å². The molecule has 1 aromatic carbocycles. The number of hydrogen-bond donors (Lipinski definition) is 1. The van der Waals surface area contributed by atoms with E-state index in [0.29, 0.717) is 0 Å². The fourth-order valence-electron chi connectivity index (χ4n) is 1.26. The van der Waals surface area contributed by atoms with E-state index >= 15 is 0 Å². The molecule has 0 fully saturated rings. The second-order valence-corrected chi connectivity index (χ2v) is 4.07. The van der Waals surface area contributed by atoms with E-state index < -0.39 is 0 Å². The van der Waals surface area contributed by atoms with Crippen molar-refractivity contribution in [3.8, 4) is 0 Å². The molecule has 1 aromatic rings. The minimum Gasteiger partial charge on any atom is -0.383 e. The van der Waals surface area contributed by atoms with Gasteiger partial charge < -0.3 is 10.1 Å². The van der Waals surface area contributed by atoms with Gasteiger partial charge in [0.15, 0.2) is 0 Å². The molecular formula is C11H15Cl2NO. The first kappa shape index (κ1) is 12.8. The minimum atomic E-state index is 0.725. The molecule has 0 heterocycles. The Morgan fingerprint density at radius 3 is 2.80 bits per heavy atom. The average Bonchev–Trinajstić information content (AvgIpc) is 2.23. The summed E-state index contributed by atoms with van der Waals surface area (Å²) in [4.78, 5) is 0. The van der Waals surface area contributed by atoms with Crippen LogP contribution in [0.2, 0.25) is 10.0 Å². The van der Waals surface area contributed by atoms with Gasteiger partial charge in [0.1, 0.15) is 0 Å². The highest BCUT2D eigenvalue weighted by molar-refractivity contribution is 6.33. The summed E-state index contributed by atoms with van der Waals surface area (Å²) in [5.41, 5.74) is 1.08. The Hall–Kier alpha value is -0.280. The monoisotopic (exact) mass is 247 g/mol. The van der Waals surface area contributed by atoms with E-state index in [9.17, 15) is 0 Å². The second-order valence-electron chi connectivity index (χ2n) is 3.23. The van der Waals surface area contributed by atoms with Crippen molar-refractivity contribution in [3.05, 3.63) is 33.8 Å².